The van der Waals surface area contributed by atoms with Crippen molar-refractivity contribution in [2.24, 2.45) is 0 Å². The molecule has 2 rings (SSSR count). The first kappa shape index (κ1) is 19.9. The van der Waals surface area contributed by atoms with E-state index in [-0.39, 0.29) is 17.4 Å². The van der Waals surface area contributed by atoms with Gasteiger partial charge < -0.3 is 0 Å². The lowest BCUT2D eigenvalue weighted by Gasteiger charge is -2.25. The average Bonchev–Trinajstić information content (AvgIpc) is 2.52. The second-order valence-electron chi connectivity index (χ2n) is 7.92. The minimum atomic E-state index is -3.73. The molecule has 0 heterocycles. The maximum atomic E-state index is 12.5. The minimum absolute atomic E-state index is 0.0903. The molecule has 0 spiro atoms. The Hall–Kier alpha value is -1.43. The zero-order valence-electron chi connectivity index (χ0n) is 15.7. The summed E-state index contributed by atoms with van der Waals surface area (Å²) in [5.41, 5.74) is 3.37. The summed E-state index contributed by atoms with van der Waals surface area (Å²) in [5.74, 6) is 0.0903. The van der Waals surface area contributed by atoms with Crippen LogP contribution in [0.15, 0.2) is 53.4 Å². The van der Waals surface area contributed by atoms with Gasteiger partial charge in [-0.2, -0.15) is 8.42 Å². The van der Waals surface area contributed by atoms with Gasteiger partial charge in [0.1, 0.15) is 0 Å². The molecule has 1 unspecified atom stereocenters. The minimum Gasteiger partial charge on any atom is -0.266 e. The van der Waals surface area contributed by atoms with Crippen molar-refractivity contribution in [2.45, 2.75) is 50.3 Å². The molecule has 2 aromatic rings. The lowest BCUT2D eigenvalue weighted by atomic mass is 10.0. The quantitative estimate of drug-likeness (QED) is 0.497. The molecule has 1 atom stereocenters. The smallest absolute Gasteiger partial charge is 0.266 e. The molecule has 3 nitrogen and oxygen atoms in total. The highest BCUT2D eigenvalue weighted by Gasteiger charge is 2.25. The second kappa shape index (κ2) is 7.85. The summed E-state index contributed by atoms with van der Waals surface area (Å²) in [6.07, 6.45) is 0. The zero-order valence-corrected chi connectivity index (χ0v) is 17.6. The molecule has 0 aliphatic rings. The summed E-state index contributed by atoms with van der Waals surface area (Å²) < 4.78 is 30.4. The van der Waals surface area contributed by atoms with Crippen LogP contribution < -0.4 is 0 Å². The lowest BCUT2D eigenvalue weighted by Crippen LogP contribution is -2.26. The third-order valence-corrected chi connectivity index (χ3v) is 7.16. The molecule has 0 aliphatic heterocycles. The Labute approximate surface area is 153 Å². The van der Waals surface area contributed by atoms with Gasteiger partial charge >= 0.3 is 0 Å². The van der Waals surface area contributed by atoms with Gasteiger partial charge in [-0.15, -0.1) is 0 Å². The van der Waals surface area contributed by atoms with Crippen LogP contribution in [0.3, 0.4) is 0 Å². The molecule has 0 fully saturated rings. The molecule has 5 heteroatoms. The third kappa shape index (κ3) is 6.10. The Morgan fingerprint density at radius 3 is 1.84 bits per heavy atom. The predicted octanol–water partition coefficient (Wildman–Crippen LogP) is 5.13. The van der Waals surface area contributed by atoms with E-state index in [1.165, 1.54) is 5.56 Å². The summed E-state index contributed by atoms with van der Waals surface area (Å²) in [6, 6.07) is 16.1. The van der Waals surface area contributed by atoms with Crippen molar-refractivity contribution in [1.29, 1.82) is 0 Å². The largest absolute Gasteiger partial charge is 0.296 e. The van der Waals surface area contributed by atoms with Crippen LogP contribution in [0.25, 0.3) is 0 Å². The Morgan fingerprint density at radius 2 is 1.36 bits per heavy atom. The van der Waals surface area contributed by atoms with Crippen LogP contribution in [0.5, 0.6) is 0 Å². The number of benzene rings is 2. The van der Waals surface area contributed by atoms with Gasteiger partial charge in [0, 0.05) is 14.0 Å². The van der Waals surface area contributed by atoms with E-state index in [4.69, 9.17) is 4.18 Å². The highest BCUT2D eigenvalue weighted by atomic mass is 32.2. The van der Waals surface area contributed by atoms with Crippen LogP contribution in [-0.4, -0.2) is 23.1 Å². The summed E-state index contributed by atoms with van der Waals surface area (Å²) in [7, 11) is -5.10. The fourth-order valence-corrected chi connectivity index (χ4v) is 5.58. The maximum absolute atomic E-state index is 12.5. The lowest BCUT2D eigenvalue weighted by molar-refractivity contribution is 0.297. The molecule has 2 aromatic carbocycles. The van der Waals surface area contributed by atoms with Gasteiger partial charge in [-0.05, 0) is 37.6 Å². The van der Waals surface area contributed by atoms with Crippen molar-refractivity contribution in [3.63, 3.8) is 0 Å². The Kier molecular flexibility index (Phi) is 6.24. The first-order chi connectivity index (χ1) is 11.6. The highest BCUT2D eigenvalue weighted by Crippen LogP contribution is 2.28. The van der Waals surface area contributed by atoms with E-state index in [1.807, 2.05) is 6.92 Å². The van der Waals surface area contributed by atoms with Crippen LogP contribution in [0, 0.1) is 13.8 Å². The second-order valence-corrected chi connectivity index (χ2v) is 15.1. The first-order valence-electron chi connectivity index (χ1n) is 8.59. The maximum Gasteiger partial charge on any atom is 0.296 e. The normalized spacial score (nSPS) is 13.6. The average molecular weight is 377 g/mol. The van der Waals surface area contributed by atoms with Crippen LogP contribution >= 0.6 is 0 Å². The number of hydrogen-bond acceptors (Lipinski definition) is 3. The van der Waals surface area contributed by atoms with Crippen molar-refractivity contribution in [3.05, 3.63) is 65.2 Å². The molecule has 0 radical (unpaired) electrons. The van der Waals surface area contributed by atoms with Crippen molar-refractivity contribution < 1.29 is 12.6 Å². The molecule has 0 saturated heterocycles. The molecule has 0 amide bonds. The molecular weight excluding hydrogens is 348 g/mol. The van der Waals surface area contributed by atoms with E-state index >= 15 is 0 Å². The van der Waals surface area contributed by atoms with Crippen LogP contribution in [0.4, 0.5) is 0 Å². The molecule has 0 N–H and O–H groups in total. The molecule has 0 bridgehead atoms. The summed E-state index contributed by atoms with van der Waals surface area (Å²) in [6.45, 7) is 11.0. The first-order valence-corrected chi connectivity index (χ1v) is 13.7. The Balaban J connectivity index is 2.18. The fraction of sp³-hybridized carbons (Fsp3) is 0.400. The third-order valence-electron chi connectivity index (χ3n) is 4.14. The molecule has 136 valence electrons. The van der Waals surface area contributed by atoms with E-state index in [9.17, 15) is 8.42 Å². The zero-order chi connectivity index (χ0) is 18.7. The summed E-state index contributed by atoms with van der Waals surface area (Å²) >= 11 is 0. The SMILES string of the molecule is Cc1ccc(C(COS(=O)(=O)c2ccc(C)cc2)C[Si](C)(C)C)cc1. The van der Waals surface area contributed by atoms with Crippen molar-refractivity contribution in [1.82, 2.24) is 0 Å². The molecule has 0 aromatic heterocycles. The van der Waals surface area contributed by atoms with Gasteiger partial charge in [-0.1, -0.05) is 67.2 Å². The number of aryl methyl sites for hydroxylation is 2. The van der Waals surface area contributed by atoms with Gasteiger partial charge in [0.15, 0.2) is 0 Å². The standard InChI is InChI=1S/C20H28O3SSi/c1-16-6-10-18(11-7-16)19(15-25(3,4)5)14-23-24(21,22)20-12-8-17(2)9-13-20/h6-13,19H,14-15H2,1-5H3. The van der Waals surface area contributed by atoms with Gasteiger partial charge in [0.25, 0.3) is 10.1 Å². The van der Waals surface area contributed by atoms with Crippen molar-refractivity contribution in [3.8, 4) is 0 Å². The molecule has 25 heavy (non-hydrogen) atoms. The van der Waals surface area contributed by atoms with E-state index in [0.717, 1.165) is 17.2 Å². The Bertz CT molecular complexity index is 788. The number of hydrogen-bond donors (Lipinski definition) is 0. The topological polar surface area (TPSA) is 43.4 Å². The predicted molar refractivity (Wildman–Crippen MR) is 106 cm³/mol. The molecule has 0 saturated carbocycles. The van der Waals surface area contributed by atoms with Gasteiger partial charge in [0.2, 0.25) is 0 Å². The van der Waals surface area contributed by atoms with Crippen LogP contribution in [0.1, 0.15) is 22.6 Å². The van der Waals surface area contributed by atoms with Crippen molar-refractivity contribution >= 4 is 18.2 Å². The Morgan fingerprint density at radius 1 is 0.880 bits per heavy atom. The van der Waals surface area contributed by atoms with E-state index < -0.39 is 18.2 Å². The van der Waals surface area contributed by atoms with Gasteiger partial charge in [-0.25, -0.2) is 0 Å². The van der Waals surface area contributed by atoms with Crippen LogP contribution in [-0.2, 0) is 14.3 Å². The van der Waals surface area contributed by atoms with Crippen LogP contribution in [0.2, 0.25) is 25.7 Å². The summed E-state index contributed by atoms with van der Waals surface area (Å²) in [4.78, 5) is 0.216. The molecule has 0 aliphatic carbocycles. The van der Waals surface area contributed by atoms with E-state index in [0.29, 0.717) is 0 Å². The van der Waals surface area contributed by atoms with Crippen molar-refractivity contribution in [2.75, 3.05) is 6.61 Å². The number of rotatable bonds is 7. The van der Waals surface area contributed by atoms with Gasteiger partial charge in [-0.3, -0.25) is 4.18 Å². The van der Waals surface area contributed by atoms with Gasteiger partial charge in [0.05, 0.1) is 11.5 Å². The molecular formula is C20H28O3SSi. The summed E-state index contributed by atoms with van der Waals surface area (Å²) in [5, 5.41) is 0. The fourth-order valence-electron chi connectivity index (χ4n) is 2.80. The monoisotopic (exact) mass is 376 g/mol. The van der Waals surface area contributed by atoms with E-state index in [2.05, 4.69) is 50.8 Å². The highest BCUT2D eigenvalue weighted by molar-refractivity contribution is 7.86. The van der Waals surface area contributed by atoms with E-state index in [1.54, 1.807) is 24.3 Å².